The lowest BCUT2D eigenvalue weighted by molar-refractivity contribution is -0.274. The Morgan fingerprint density at radius 3 is 2.53 bits per heavy atom. The molecule has 1 aromatic rings. The molecule has 1 saturated heterocycles. The summed E-state index contributed by atoms with van der Waals surface area (Å²) >= 11 is 0. The van der Waals surface area contributed by atoms with Gasteiger partial charge in [0, 0.05) is 25.7 Å². The second-order valence-electron chi connectivity index (χ2n) is 9.68. The summed E-state index contributed by atoms with van der Waals surface area (Å²) in [6, 6.07) is 6.24. The zero-order valence-electron chi connectivity index (χ0n) is 19.1. The van der Waals surface area contributed by atoms with Crippen LogP contribution in [0, 0.1) is 0 Å². The van der Waals surface area contributed by atoms with Crippen molar-refractivity contribution in [2.45, 2.75) is 77.2 Å². The molecule has 0 saturated carbocycles. The van der Waals surface area contributed by atoms with Crippen LogP contribution >= 0.6 is 0 Å². The number of rotatable bonds is 9. The predicted octanol–water partition coefficient (Wildman–Crippen LogP) is 5.72. The van der Waals surface area contributed by atoms with Crippen molar-refractivity contribution in [1.82, 2.24) is 10.2 Å². The molecule has 4 nitrogen and oxygen atoms in total. The number of nitrogens with zero attached hydrogens (tertiary/aromatic N) is 1. The first-order valence-electron chi connectivity index (χ1n) is 10.8. The number of likely N-dealkylation sites (tertiary alicyclic amines) is 1. The minimum atomic E-state index is -4.69. The first kappa shape index (κ1) is 25.2. The van der Waals surface area contributed by atoms with Gasteiger partial charge in [0.2, 0.25) is 0 Å². The fraction of sp³-hybridized carbons (Fsp3) is 0.727. The second-order valence-corrected chi connectivity index (χ2v) is 14.4. The van der Waals surface area contributed by atoms with Gasteiger partial charge in [-0.3, -0.25) is 4.90 Å². The molecule has 0 spiro atoms. The third-order valence-corrected chi connectivity index (χ3v) is 10.6. The monoisotopic (exact) mass is 446 g/mol. The van der Waals surface area contributed by atoms with Crippen molar-refractivity contribution in [2.24, 2.45) is 0 Å². The van der Waals surface area contributed by atoms with E-state index in [0.29, 0.717) is 0 Å². The highest BCUT2D eigenvalue weighted by atomic mass is 28.4. The Balaban J connectivity index is 2.05. The second kappa shape index (κ2) is 10.0. The molecule has 1 fully saturated rings. The summed E-state index contributed by atoms with van der Waals surface area (Å²) in [6.45, 7) is 16.7. The number of hydrogen-bond acceptors (Lipinski definition) is 4. The quantitative estimate of drug-likeness (QED) is 0.492. The summed E-state index contributed by atoms with van der Waals surface area (Å²) in [4.78, 5) is 2.35. The first-order chi connectivity index (χ1) is 13.8. The van der Waals surface area contributed by atoms with E-state index in [2.05, 4.69) is 55.7 Å². The topological polar surface area (TPSA) is 33.7 Å². The van der Waals surface area contributed by atoms with Gasteiger partial charge in [0.05, 0.1) is 6.10 Å². The van der Waals surface area contributed by atoms with E-state index in [-0.39, 0.29) is 22.9 Å². The van der Waals surface area contributed by atoms with E-state index in [4.69, 9.17) is 4.43 Å². The number of nitrogens with one attached hydrogen (secondary N) is 1. The van der Waals surface area contributed by atoms with Crippen molar-refractivity contribution < 1.29 is 22.3 Å². The number of hydrogen-bond donors (Lipinski definition) is 1. The van der Waals surface area contributed by atoms with Gasteiger partial charge in [-0.05, 0) is 55.2 Å². The SMILES string of the molecule is CCCN[C@H](CN1CC[C@H](O[Si](C)(C)C(C)(C)C)C1)c1cccc(OC(F)(F)F)c1. The third kappa shape index (κ3) is 7.55. The molecule has 0 unspecified atom stereocenters. The summed E-state index contributed by atoms with van der Waals surface area (Å²) < 4.78 is 48.5. The van der Waals surface area contributed by atoms with Gasteiger partial charge in [-0.25, -0.2) is 0 Å². The normalized spacial score (nSPS) is 19.8. The lowest BCUT2D eigenvalue weighted by Crippen LogP contribution is -2.44. The van der Waals surface area contributed by atoms with Crippen molar-refractivity contribution in [3.8, 4) is 5.75 Å². The molecule has 2 atom stereocenters. The van der Waals surface area contributed by atoms with E-state index in [0.717, 1.165) is 44.6 Å². The summed E-state index contributed by atoms with van der Waals surface area (Å²) in [7, 11) is -1.82. The van der Waals surface area contributed by atoms with Crippen molar-refractivity contribution in [3.05, 3.63) is 29.8 Å². The van der Waals surface area contributed by atoms with Crippen LogP contribution in [0.25, 0.3) is 0 Å². The highest BCUT2D eigenvalue weighted by Gasteiger charge is 2.40. The molecule has 0 bridgehead atoms. The van der Waals surface area contributed by atoms with Gasteiger partial charge in [-0.2, -0.15) is 0 Å². The van der Waals surface area contributed by atoms with Gasteiger partial charge >= 0.3 is 6.36 Å². The van der Waals surface area contributed by atoms with Crippen LogP contribution in [-0.2, 0) is 4.43 Å². The maximum absolute atomic E-state index is 12.6. The molecule has 1 aliphatic heterocycles. The minimum Gasteiger partial charge on any atom is -0.413 e. The lowest BCUT2D eigenvalue weighted by Gasteiger charge is -2.38. The smallest absolute Gasteiger partial charge is 0.413 e. The summed E-state index contributed by atoms with van der Waals surface area (Å²) in [5.41, 5.74) is 0.805. The molecule has 0 radical (unpaired) electrons. The average Bonchev–Trinajstić information content (AvgIpc) is 3.02. The molecule has 1 aliphatic rings. The Kier molecular flexibility index (Phi) is 8.41. The number of ether oxygens (including phenoxy) is 1. The van der Waals surface area contributed by atoms with E-state index >= 15 is 0 Å². The molecule has 2 rings (SSSR count). The summed E-state index contributed by atoms with van der Waals surface area (Å²) in [5.74, 6) is -0.177. The molecule has 1 heterocycles. The maximum Gasteiger partial charge on any atom is 0.573 e. The molecular formula is C22H37F3N2O2Si. The molecule has 172 valence electrons. The van der Waals surface area contributed by atoms with Crippen LogP contribution in [0.5, 0.6) is 5.75 Å². The van der Waals surface area contributed by atoms with Gasteiger partial charge < -0.3 is 14.5 Å². The van der Waals surface area contributed by atoms with E-state index in [1.54, 1.807) is 6.07 Å². The van der Waals surface area contributed by atoms with E-state index < -0.39 is 14.7 Å². The van der Waals surface area contributed by atoms with Crippen LogP contribution in [-0.4, -0.2) is 51.9 Å². The highest BCUT2D eigenvalue weighted by Crippen LogP contribution is 2.38. The summed E-state index contributed by atoms with van der Waals surface area (Å²) in [5, 5.41) is 3.65. The predicted molar refractivity (Wildman–Crippen MR) is 117 cm³/mol. The van der Waals surface area contributed by atoms with Gasteiger partial charge in [-0.1, -0.05) is 39.8 Å². The van der Waals surface area contributed by atoms with Gasteiger partial charge in [0.25, 0.3) is 0 Å². The largest absolute Gasteiger partial charge is 0.573 e. The van der Waals surface area contributed by atoms with Crippen molar-refractivity contribution >= 4 is 8.32 Å². The van der Waals surface area contributed by atoms with Crippen LogP contribution in [0.2, 0.25) is 18.1 Å². The van der Waals surface area contributed by atoms with Crippen LogP contribution in [0.3, 0.4) is 0 Å². The molecule has 8 heteroatoms. The van der Waals surface area contributed by atoms with Crippen LogP contribution in [0.15, 0.2) is 24.3 Å². The van der Waals surface area contributed by atoms with Crippen LogP contribution in [0.4, 0.5) is 13.2 Å². The van der Waals surface area contributed by atoms with Gasteiger partial charge in [0.15, 0.2) is 8.32 Å². The standard InChI is InChI=1S/C22H37F3N2O2Si/c1-7-12-26-20(17-9-8-10-18(14-17)28-22(23,24)25)16-27-13-11-19(15-27)29-30(5,6)21(2,3)4/h8-10,14,19-20,26H,7,11-13,15-16H2,1-6H3/t19-,20+/m0/s1. The Bertz CT molecular complexity index is 677. The first-order valence-corrected chi connectivity index (χ1v) is 13.7. The Morgan fingerprint density at radius 1 is 1.23 bits per heavy atom. The minimum absolute atomic E-state index is 0.0617. The Labute approximate surface area is 180 Å². The van der Waals surface area contributed by atoms with Crippen molar-refractivity contribution in [3.63, 3.8) is 0 Å². The van der Waals surface area contributed by atoms with Crippen LogP contribution in [0.1, 0.15) is 52.1 Å². The Morgan fingerprint density at radius 2 is 1.93 bits per heavy atom. The highest BCUT2D eigenvalue weighted by molar-refractivity contribution is 6.74. The molecule has 0 aliphatic carbocycles. The van der Waals surface area contributed by atoms with Crippen molar-refractivity contribution in [2.75, 3.05) is 26.2 Å². The Hall–Kier alpha value is -1.09. The fourth-order valence-corrected chi connectivity index (χ4v) is 4.82. The third-order valence-electron chi connectivity index (χ3n) is 6.07. The number of halogens is 3. The fourth-order valence-electron chi connectivity index (χ4n) is 3.45. The van der Waals surface area contributed by atoms with Crippen molar-refractivity contribution in [1.29, 1.82) is 0 Å². The lowest BCUT2D eigenvalue weighted by atomic mass is 10.1. The number of alkyl halides is 3. The zero-order valence-corrected chi connectivity index (χ0v) is 20.1. The zero-order chi connectivity index (χ0) is 22.6. The molecule has 0 amide bonds. The van der Waals surface area contributed by atoms with Crippen LogP contribution < -0.4 is 10.1 Å². The number of benzene rings is 1. The summed E-state index contributed by atoms with van der Waals surface area (Å²) in [6.07, 6.45) is -2.53. The molecule has 1 aromatic carbocycles. The molecule has 0 aromatic heterocycles. The van der Waals surface area contributed by atoms with Gasteiger partial charge in [0.1, 0.15) is 5.75 Å². The molecular weight excluding hydrogens is 409 g/mol. The van der Waals surface area contributed by atoms with E-state index in [1.807, 2.05) is 6.07 Å². The average molecular weight is 447 g/mol. The maximum atomic E-state index is 12.6. The van der Waals surface area contributed by atoms with Gasteiger partial charge in [-0.15, -0.1) is 13.2 Å². The van der Waals surface area contributed by atoms with E-state index in [9.17, 15) is 13.2 Å². The molecule has 1 N–H and O–H groups in total. The molecule has 30 heavy (non-hydrogen) atoms. The van der Waals surface area contributed by atoms with E-state index in [1.165, 1.54) is 12.1 Å².